The van der Waals surface area contributed by atoms with Crippen molar-refractivity contribution in [1.82, 2.24) is 20.1 Å². The number of benzene rings is 1. The molecule has 0 amide bonds. The highest BCUT2D eigenvalue weighted by molar-refractivity contribution is 6.30. The van der Waals surface area contributed by atoms with Crippen LogP contribution in [0.3, 0.4) is 0 Å². The lowest BCUT2D eigenvalue weighted by Gasteiger charge is -2.20. The van der Waals surface area contributed by atoms with Crippen molar-refractivity contribution in [2.24, 2.45) is 0 Å². The van der Waals surface area contributed by atoms with E-state index in [1.807, 2.05) is 25.5 Å². The smallest absolute Gasteiger partial charge is 0.138 e. The van der Waals surface area contributed by atoms with Crippen LogP contribution in [0.5, 0.6) is 0 Å². The number of halogens is 2. The highest BCUT2D eigenvalue weighted by Crippen LogP contribution is 2.24. The van der Waals surface area contributed by atoms with E-state index in [2.05, 4.69) is 15.4 Å². The van der Waals surface area contributed by atoms with E-state index in [9.17, 15) is 4.39 Å². The Bertz CT molecular complexity index is 597. The molecule has 0 saturated heterocycles. The zero-order valence-electron chi connectivity index (χ0n) is 12.5. The molecular formula is C15H20ClFN4. The second-order valence-electron chi connectivity index (χ2n) is 5.19. The summed E-state index contributed by atoms with van der Waals surface area (Å²) in [5.41, 5.74) is 0.597. The summed E-state index contributed by atoms with van der Waals surface area (Å²) in [7, 11) is 0. The molecule has 0 aliphatic carbocycles. The zero-order chi connectivity index (χ0) is 15.4. The molecule has 0 aliphatic rings. The number of rotatable bonds is 6. The summed E-state index contributed by atoms with van der Waals surface area (Å²) in [5.74, 6) is 0.536. The number of hydrogen-bond acceptors (Lipinski definition) is 3. The molecule has 1 heterocycles. The molecule has 1 N–H and O–H groups in total. The fourth-order valence-corrected chi connectivity index (χ4v) is 2.52. The predicted molar refractivity (Wildman–Crippen MR) is 81.9 cm³/mol. The molecule has 1 unspecified atom stereocenters. The summed E-state index contributed by atoms with van der Waals surface area (Å²) in [5, 5.41) is 7.92. The minimum Gasteiger partial charge on any atom is -0.310 e. The van der Waals surface area contributed by atoms with E-state index < -0.39 is 0 Å². The largest absolute Gasteiger partial charge is 0.310 e. The number of hydrogen-bond donors (Lipinski definition) is 1. The van der Waals surface area contributed by atoms with Crippen LogP contribution in [0.2, 0.25) is 5.02 Å². The van der Waals surface area contributed by atoms with Gasteiger partial charge in [-0.2, -0.15) is 5.10 Å². The lowest BCUT2D eigenvalue weighted by atomic mass is 10.0. The van der Waals surface area contributed by atoms with Gasteiger partial charge in [-0.3, -0.25) is 0 Å². The molecule has 1 aromatic heterocycles. The van der Waals surface area contributed by atoms with Crippen molar-refractivity contribution in [3.63, 3.8) is 0 Å². The highest BCUT2D eigenvalue weighted by atomic mass is 35.5. The molecule has 21 heavy (non-hydrogen) atoms. The Morgan fingerprint density at radius 3 is 2.76 bits per heavy atom. The van der Waals surface area contributed by atoms with Crippen molar-refractivity contribution in [2.45, 2.75) is 39.3 Å². The Morgan fingerprint density at radius 2 is 2.14 bits per heavy atom. The van der Waals surface area contributed by atoms with Gasteiger partial charge in [-0.1, -0.05) is 24.6 Å². The Kier molecular flexibility index (Phi) is 5.31. The third-order valence-corrected chi connectivity index (χ3v) is 3.55. The molecule has 0 aliphatic heterocycles. The lowest BCUT2D eigenvalue weighted by molar-refractivity contribution is 0.458. The fourth-order valence-electron chi connectivity index (χ4n) is 2.36. The summed E-state index contributed by atoms with van der Waals surface area (Å²) >= 11 is 5.82. The van der Waals surface area contributed by atoms with Crippen LogP contribution < -0.4 is 5.32 Å². The molecule has 4 nitrogen and oxygen atoms in total. The normalized spacial score (nSPS) is 12.9. The molecule has 1 atom stereocenters. The average Bonchev–Trinajstić information content (AvgIpc) is 2.86. The van der Waals surface area contributed by atoms with Gasteiger partial charge in [0.25, 0.3) is 0 Å². The molecule has 2 aromatic rings. The van der Waals surface area contributed by atoms with Gasteiger partial charge < -0.3 is 5.32 Å². The second kappa shape index (κ2) is 7.00. The van der Waals surface area contributed by atoms with Crippen molar-refractivity contribution >= 4 is 11.6 Å². The van der Waals surface area contributed by atoms with Gasteiger partial charge in [0, 0.05) is 29.1 Å². The van der Waals surface area contributed by atoms with E-state index in [1.54, 1.807) is 12.1 Å². The number of nitrogens with one attached hydrogen (secondary N) is 1. The first-order valence-corrected chi connectivity index (χ1v) is 7.47. The third kappa shape index (κ3) is 3.80. The summed E-state index contributed by atoms with van der Waals surface area (Å²) < 4.78 is 16.0. The lowest BCUT2D eigenvalue weighted by Crippen LogP contribution is -2.25. The molecule has 0 fully saturated rings. The first-order valence-electron chi connectivity index (χ1n) is 7.09. The Labute approximate surface area is 129 Å². The maximum atomic E-state index is 14.1. The molecule has 0 bridgehead atoms. The summed E-state index contributed by atoms with van der Waals surface area (Å²) in [6.45, 7) is 6.82. The van der Waals surface area contributed by atoms with Crippen molar-refractivity contribution in [2.75, 3.05) is 6.54 Å². The van der Waals surface area contributed by atoms with Gasteiger partial charge in [-0.05, 0) is 32.5 Å². The third-order valence-electron chi connectivity index (χ3n) is 3.31. The predicted octanol–water partition coefficient (Wildman–Crippen LogP) is 3.54. The van der Waals surface area contributed by atoms with Crippen molar-refractivity contribution in [1.29, 1.82) is 0 Å². The maximum Gasteiger partial charge on any atom is 0.138 e. The van der Waals surface area contributed by atoms with Crippen LogP contribution in [0.15, 0.2) is 24.5 Å². The van der Waals surface area contributed by atoms with E-state index in [0.717, 1.165) is 12.4 Å². The second-order valence-corrected chi connectivity index (χ2v) is 5.63. The van der Waals surface area contributed by atoms with E-state index in [1.165, 1.54) is 12.4 Å². The molecule has 0 saturated carbocycles. The number of likely N-dealkylation sites (N-methyl/N-ethyl adjacent to an activating group) is 1. The molecule has 114 valence electrons. The van der Waals surface area contributed by atoms with Crippen LogP contribution in [0, 0.1) is 5.82 Å². The molecule has 6 heteroatoms. The van der Waals surface area contributed by atoms with Gasteiger partial charge in [-0.25, -0.2) is 14.1 Å². The molecular weight excluding hydrogens is 291 g/mol. The standard InChI is InChI=1S/C15H20ClFN4/c1-4-18-14(12-6-5-11(16)7-13(12)17)8-15-19-9-20-21(15)10(2)3/h5-7,9-10,14,18H,4,8H2,1-3H3. The van der Waals surface area contributed by atoms with Gasteiger partial charge in [0.05, 0.1) is 0 Å². The quantitative estimate of drug-likeness (QED) is 0.887. The van der Waals surface area contributed by atoms with Crippen LogP contribution in [0.1, 0.15) is 44.2 Å². The van der Waals surface area contributed by atoms with E-state index in [-0.39, 0.29) is 17.9 Å². The average molecular weight is 311 g/mol. The Hall–Kier alpha value is -1.46. The van der Waals surface area contributed by atoms with Crippen LogP contribution in [-0.2, 0) is 6.42 Å². The van der Waals surface area contributed by atoms with Gasteiger partial charge in [0.2, 0.25) is 0 Å². The van der Waals surface area contributed by atoms with Crippen LogP contribution in [0.4, 0.5) is 4.39 Å². The maximum absolute atomic E-state index is 14.1. The van der Waals surface area contributed by atoms with Gasteiger partial charge in [-0.15, -0.1) is 0 Å². The van der Waals surface area contributed by atoms with Gasteiger partial charge >= 0.3 is 0 Å². The summed E-state index contributed by atoms with van der Waals surface area (Å²) in [4.78, 5) is 4.30. The first kappa shape index (κ1) is 15.9. The van der Waals surface area contributed by atoms with Crippen molar-refractivity contribution in [3.05, 3.63) is 46.8 Å². The topological polar surface area (TPSA) is 42.7 Å². The highest BCUT2D eigenvalue weighted by Gasteiger charge is 2.19. The molecule has 1 aromatic carbocycles. The van der Waals surface area contributed by atoms with E-state index in [4.69, 9.17) is 11.6 Å². The van der Waals surface area contributed by atoms with Crippen molar-refractivity contribution < 1.29 is 4.39 Å². The van der Waals surface area contributed by atoms with Crippen LogP contribution >= 0.6 is 11.6 Å². The van der Waals surface area contributed by atoms with Gasteiger partial charge in [0.1, 0.15) is 18.0 Å². The minimum atomic E-state index is -0.302. The van der Waals surface area contributed by atoms with Crippen LogP contribution in [-0.4, -0.2) is 21.3 Å². The Morgan fingerprint density at radius 1 is 1.38 bits per heavy atom. The zero-order valence-corrected chi connectivity index (χ0v) is 13.2. The summed E-state index contributed by atoms with van der Waals surface area (Å²) in [6, 6.07) is 4.83. The molecule has 0 radical (unpaired) electrons. The number of aromatic nitrogens is 3. The summed E-state index contributed by atoms with van der Waals surface area (Å²) in [6.07, 6.45) is 2.11. The molecule has 0 spiro atoms. The minimum absolute atomic E-state index is 0.158. The van der Waals surface area contributed by atoms with E-state index in [0.29, 0.717) is 17.0 Å². The number of nitrogens with zero attached hydrogens (tertiary/aromatic N) is 3. The fraction of sp³-hybridized carbons (Fsp3) is 0.467. The van der Waals surface area contributed by atoms with E-state index >= 15 is 0 Å². The first-order chi connectivity index (χ1) is 10.0. The SMILES string of the molecule is CCNC(Cc1ncnn1C(C)C)c1ccc(Cl)cc1F. The van der Waals surface area contributed by atoms with Gasteiger partial charge in [0.15, 0.2) is 0 Å². The monoisotopic (exact) mass is 310 g/mol. The van der Waals surface area contributed by atoms with Crippen LogP contribution in [0.25, 0.3) is 0 Å². The Balaban J connectivity index is 2.28. The molecule has 2 rings (SSSR count). The van der Waals surface area contributed by atoms with Crippen molar-refractivity contribution in [3.8, 4) is 0 Å².